The Labute approximate surface area is 84.8 Å². The van der Waals surface area contributed by atoms with Gasteiger partial charge in [0, 0.05) is 17.8 Å². The van der Waals surface area contributed by atoms with Crippen LogP contribution in [0.4, 0.5) is 0 Å². The molecule has 0 saturated carbocycles. The molecular weight excluding hydrogens is 170 g/mol. The number of aromatic nitrogens is 1. The number of hydrogen-bond acceptors (Lipinski definition) is 1. The Bertz CT molecular complexity index is 452. The molecule has 0 aliphatic heterocycles. The summed E-state index contributed by atoms with van der Waals surface area (Å²) in [7, 11) is 0. The maximum absolute atomic E-state index is 4.19. The molecule has 0 atom stereocenters. The highest BCUT2D eigenvalue weighted by Gasteiger charge is 2.07. The second kappa shape index (κ2) is 3.09. The van der Waals surface area contributed by atoms with Crippen LogP contribution in [0.25, 0.3) is 10.8 Å². The van der Waals surface area contributed by atoms with E-state index in [0.29, 0.717) is 0 Å². The maximum Gasteiger partial charge on any atom is 0.0349 e. The molecule has 0 aliphatic carbocycles. The molecule has 1 heteroatoms. The lowest BCUT2D eigenvalue weighted by Gasteiger charge is -2.12. The lowest BCUT2D eigenvalue weighted by Crippen LogP contribution is -1.93. The smallest absolute Gasteiger partial charge is 0.0349 e. The molecule has 0 radical (unpaired) electrons. The van der Waals surface area contributed by atoms with Gasteiger partial charge in [0.15, 0.2) is 0 Å². The number of pyridine rings is 1. The summed E-state index contributed by atoms with van der Waals surface area (Å²) in [5.41, 5.74) is 5.53. The van der Waals surface area contributed by atoms with Crippen molar-refractivity contribution >= 4 is 10.8 Å². The lowest BCUT2D eigenvalue weighted by molar-refractivity contribution is 1.24. The SMILES string of the molecule is Cc1c(C)c(C)c2cnccc2c1C. The van der Waals surface area contributed by atoms with Crippen LogP contribution < -0.4 is 0 Å². The fraction of sp³-hybridized carbons (Fsp3) is 0.308. The van der Waals surface area contributed by atoms with E-state index in [1.165, 1.54) is 33.0 Å². The van der Waals surface area contributed by atoms with Gasteiger partial charge >= 0.3 is 0 Å². The summed E-state index contributed by atoms with van der Waals surface area (Å²) in [6.45, 7) is 8.73. The van der Waals surface area contributed by atoms with Crippen molar-refractivity contribution in [1.29, 1.82) is 0 Å². The minimum Gasteiger partial charge on any atom is -0.264 e. The van der Waals surface area contributed by atoms with E-state index in [2.05, 4.69) is 38.7 Å². The summed E-state index contributed by atoms with van der Waals surface area (Å²) in [6.07, 6.45) is 3.83. The van der Waals surface area contributed by atoms with Gasteiger partial charge in [-0.3, -0.25) is 4.98 Å². The number of fused-ring (bicyclic) bond motifs is 1. The maximum atomic E-state index is 4.19. The van der Waals surface area contributed by atoms with E-state index in [0.717, 1.165) is 0 Å². The van der Waals surface area contributed by atoms with Crippen molar-refractivity contribution in [3.63, 3.8) is 0 Å². The van der Waals surface area contributed by atoms with E-state index in [1.54, 1.807) is 0 Å². The van der Waals surface area contributed by atoms with Crippen molar-refractivity contribution in [2.75, 3.05) is 0 Å². The Balaban J connectivity index is 3.02. The second-order valence-corrected chi connectivity index (χ2v) is 3.92. The molecule has 0 unspecified atom stereocenters. The largest absolute Gasteiger partial charge is 0.264 e. The molecule has 1 aromatic heterocycles. The second-order valence-electron chi connectivity index (χ2n) is 3.92. The molecule has 1 nitrogen and oxygen atoms in total. The van der Waals surface area contributed by atoms with Crippen molar-refractivity contribution in [1.82, 2.24) is 4.98 Å². The van der Waals surface area contributed by atoms with Crippen LogP contribution in [-0.4, -0.2) is 4.98 Å². The predicted octanol–water partition coefficient (Wildman–Crippen LogP) is 3.47. The minimum absolute atomic E-state index is 1.29. The number of rotatable bonds is 0. The van der Waals surface area contributed by atoms with Crippen LogP contribution in [0.3, 0.4) is 0 Å². The first-order chi connectivity index (χ1) is 6.63. The Hall–Kier alpha value is -1.37. The number of benzene rings is 1. The molecular formula is C13H15N. The molecule has 0 saturated heterocycles. The van der Waals surface area contributed by atoms with Crippen molar-refractivity contribution in [3.05, 3.63) is 40.7 Å². The Morgan fingerprint density at radius 1 is 0.786 bits per heavy atom. The van der Waals surface area contributed by atoms with Crippen LogP contribution >= 0.6 is 0 Å². The first kappa shape index (κ1) is 9.20. The van der Waals surface area contributed by atoms with E-state index in [4.69, 9.17) is 0 Å². The first-order valence-electron chi connectivity index (χ1n) is 4.93. The van der Waals surface area contributed by atoms with Gasteiger partial charge in [0.05, 0.1) is 0 Å². The normalized spacial score (nSPS) is 10.9. The Morgan fingerprint density at radius 3 is 2.00 bits per heavy atom. The van der Waals surface area contributed by atoms with Crippen molar-refractivity contribution in [3.8, 4) is 0 Å². The van der Waals surface area contributed by atoms with E-state index >= 15 is 0 Å². The predicted molar refractivity (Wildman–Crippen MR) is 60.7 cm³/mol. The summed E-state index contributed by atoms with van der Waals surface area (Å²) < 4.78 is 0. The highest BCUT2D eigenvalue weighted by atomic mass is 14.6. The number of aryl methyl sites for hydroxylation is 2. The van der Waals surface area contributed by atoms with Gasteiger partial charge < -0.3 is 0 Å². The fourth-order valence-electron chi connectivity index (χ4n) is 1.99. The van der Waals surface area contributed by atoms with E-state index < -0.39 is 0 Å². The van der Waals surface area contributed by atoms with E-state index in [9.17, 15) is 0 Å². The van der Waals surface area contributed by atoms with Crippen molar-refractivity contribution in [2.24, 2.45) is 0 Å². The zero-order valence-electron chi connectivity index (χ0n) is 9.18. The summed E-state index contributed by atoms with van der Waals surface area (Å²) >= 11 is 0. The molecule has 0 amide bonds. The van der Waals surface area contributed by atoms with E-state index in [-0.39, 0.29) is 0 Å². The molecule has 0 fully saturated rings. The van der Waals surface area contributed by atoms with E-state index in [1.807, 2.05) is 12.4 Å². The third kappa shape index (κ3) is 1.12. The summed E-state index contributed by atoms with van der Waals surface area (Å²) in [5.74, 6) is 0. The average molecular weight is 185 g/mol. The van der Waals surface area contributed by atoms with Crippen molar-refractivity contribution < 1.29 is 0 Å². The van der Waals surface area contributed by atoms with Crippen LogP contribution in [-0.2, 0) is 0 Å². The van der Waals surface area contributed by atoms with Gasteiger partial charge in [-0.05, 0) is 61.4 Å². The monoisotopic (exact) mass is 185 g/mol. The molecule has 0 aliphatic rings. The fourth-order valence-corrected chi connectivity index (χ4v) is 1.99. The Morgan fingerprint density at radius 2 is 1.36 bits per heavy atom. The number of hydrogen-bond donors (Lipinski definition) is 0. The van der Waals surface area contributed by atoms with Crippen LogP contribution in [0.2, 0.25) is 0 Å². The minimum atomic E-state index is 1.29. The molecule has 14 heavy (non-hydrogen) atoms. The molecule has 0 N–H and O–H groups in total. The molecule has 1 aromatic carbocycles. The summed E-state index contributed by atoms with van der Waals surface area (Å²) in [5, 5.41) is 2.62. The van der Waals surface area contributed by atoms with Crippen LogP contribution in [0.15, 0.2) is 18.5 Å². The van der Waals surface area contributed by atoms with Gasteiger partial charge in [-0.1, -0.05) is 0 Å². The molecule has 2 rings (SSSR count). The summed E-state index contributed by atoms with van der Waals surface area (Å²) in [4.78, 5) is 4.19. The Kier molecular flexibility index (Phi) is 2.03. The summed E-state index contributed by atoms with van der Waals surface area (Å²) in [6, 6.07) is 2.10. The quantitative estimate of drug-likeness (QED) is 0.612. The van der Waals surface area contributed by atoms with Gasteiger partial charge in [0.1, 0.15) is 0 Å². The zero-order chi connectivity index (χ0) is 10.3. The van der Waals surface area contributed by atoms with Gasteiger partial charge in [-0.25, -0.2) is 0 Å². The highest BCUT2D eigenvalue weighted by molar-refractivity contribution is 5.89. The van der Waals surface area contributed by atoms with Crippen LogP contribution in [0.5, 0.6) is 0 Å². The molecule has 72 valence electrons. The standard InChI is InChI=1S/C13H15N/c1-8-9(2)11(4)13-7-14-6-5-12(13)10(8)3/h5-7H,1-4H3. The zero-order valence-corrected chi connectivity index (χ0v) is 9.18. The van der Waals surface area contributed by atoms with Gasteiger partial charge in [-0.15, -0.1) is 0 Å². The topological polar surface area (TPSA) is 12.9 Å². The van der Waals surface area contributed by atoms with Crippen molar-refractivity contribution in [2.45, 2.75) is 27.7 Å². The average Bonchev–Trinajstić information content (AvgIpc) is 2.23. The van der Waals surface area contributed by atoms with Crippen LogP contribution in [0.1, 0.15) is 22.3 Å². The van der Waals surface area contributed by atoms with Gasteiger partial charge in [0.2, 0.25) is 0 Å². The third-order valence-electron chi connectivity index (χ3n) is 3.32. The molecule has 2 aromatic rings. The number of nitrogens with zero attached hydrogens (tertiary/aromatic N) is 1. The lowest BCUT2D eigenvalue weighted by atomic mass is 9.93. The van der Waals surface area contributed by atoms with Gasteiger partial charge in [-0.2, -0.15) is 0 Å². The molecule has 1 heterocycles. The highest BCUT2D eigenvalue weighted by Crippen LogP contribution is 2.27. The third-order valence-corrected chi connectivity index (χ3v) is 3.32. The molecule has 0 spiro atoms. The first-order valence-corrected chi connectivity index (χ1v) is 4.93. The molecule has 0 bridgehead atoms. The van der Waals surface area contributed by atoms with Crippen LogP contribution in [0, 0.1) is 27.7 Å². The van der Waals surface area contributed by atoms with Gasteiger partial charge in [0.25, 0.3) is 0 Å².